The third kappa shape index (κ3) is 6.23. The lowest BCUT2D eigenvalue weighted by atomic mass is 10.1. The summed E-state index contributed by atoms with van der Waals surface area (Å²) in [4.78, 5) is 26.4. The van der Waals surface area contributed by atoms with E-state index in [4.69, 9.17) is 11.6 Å². The summed E-state index contributed by atoms with van der Waals surface area (Å²) in [5.41, 5.74) is 0.457. The van der Waals surface area contributed by atoms with Gasteiger partial charge in [0.1, 0.15) is 0 Å². The number of carbonyl (C=O) groups is 2. The molecular weight excluding hydrogens is 417 g/mol. The van der Waals surface area contributed by atoms with E-state index in [-0.39, 0.29) is 24.3 Å². The molecule has 4 nitrogen and oxygen atoms in total. The highest BCUT2D eigenvalue weighted by molar-refractivity contribution is 6.30. The normalized spacial score (nSPS) is 13.7. The van der Waals surface area contributed by atoms with Gasteiger partial charge in [0.15, 0.2) is 0 Å². The van der Waals surface area contributed by atoms with E-state index in [1.807, 2.05) is 0 Å². The number of rotatable bonds is 8. The lowest BCUT2D eigenvalue weighted by Crippen LogP contribution is -2.33. The van der Waals surface area contributed by atoms with Crippen LogP contribution in [0.2, 0.25) is 5.02 Å². The van der Waals surface area contributed by atoms with Crippen LogP contribution in [0.3, 0.4) is 0 Å². The number of amides is 2. The number of alkyl halides is 3. The summed E-state index contributed by atoms with van der Waals surface area (Å²) in [5.74, 6) is -0.291. The van der Waals surface area contributed by atoms with Gasteiger partial charge in [0, 0.05) is 36.1 Å². The Morgan fingerprint density at radius 3 is 2.23 bits per heavy atom. The first kappa shape index (κ1) is 22.2. The second-order valence-electron chi connectivity index (χ2n) is 7.31. The number of benzene rings is 2. The Morgan fingerprint density at radius 2 is 1.67 bits per heavy atom. The molecule has 1 aliphatic carbocycles. The van der Waals surface area contributed by atoms with Crippen molar-refractivity contribution in [2.45, 2.75) is 44.4 Å². The van der Waals surface area contributed by atoms with Crippen molar-refractivity contribution in [3.05, 3.63) is 70.2 Å². The van der Waals surface area contributed by atoms with E-state index in [1.165, 1.54) is 12.1 Å². The van der Waals surface area contributed by atoms with Crippen LogP contribution in [0.5, 0.6) is 0 Å². The minimum Gasteiger partial charge on any atom is -0.352 e. The average Bonchev–Trinajstić information content (AvgIpc) is 3.54. The smallest absolute Gasteiger partial charge is 0.352 e. The minimum atomic E-state index is -4.37. The predicted octanol–water partition coefficient (Wildman–Crippen LogP) is 5.06. The van der Waals surface area contributed by atoms with Crippen LogP contribution in [-0.4, -0.2) is 29.3 Å². The van der Waals surface area contributed by atoms with E-state index in [2.05, 4.69) is 5.32 Å². The molecule has 1 N–H and O–H groups in total. The maximum Gasteiger partial charge on any atom is 0.416 e. The number of carbonyl (C=O) groups excluding carboxylic acids is 2. The molecule has 0 atom stereocenters. The minimum absolute atomic E-state index is 0.0573. The monoisotopic (exact) mass is 438 g/mol. The van der Waals surface area contributed by atoms with Crippen LogP contribution in [-0.2, 0) is 17.5 Å². The molecule has 160 valence electrons. The van der Waals surface area contributed by atoms with Crippen molar-refractivity contribution in [1.82, 2.24) is 10.2 Å². The van der Waals surface area contributed by atoms with Crippen LogP contribution in [0.25, 0.3) is 0 Å². The molecule has 1 aliphatic rings. The number of hydrogen-bond acceptors (Lipinski definition) is 2. The molecule has 0 aliphatic heterocycles. The van der Waals surface area contributed by atoms with Crippen LogP contribution in [0.1, 0.15) is 47.2 Å². The van der Waals surface area contributed by atoms with E-state index in [0.29, 0.717) is 35.7 Å². The van der Waals surface area contributed by atoms with Gasteiger partial charge in [-0.25, -0.2) is 0 Å². The number of nitrogens with one attached hydrogen (secondary N) is 1. The summed E-state index contributed by atoms with van der Waals surface area (Å²) in [7, 11) is 0. The Kier molecular flexibility index (Phi) is 7.02. The second kappa shape index (κ2) is 9.51. The van der Waals surface area contributed by atoms with Crippen LogP contribution >= 0.6 is 11.6 Å². The fourth-order valence-electron chi connectivity index (χ4n) is 3.09. The topological polar surface area (TPSA) is 49.4 Å². The molecule has 2 aromatic carbocycles. The number of halogens is 4. The van der Waals surface area contributed by atoms with Gasteiger partial charge in [0.05, 0.1) is 5.56 Å². The molecule has 2 aromatic rings. The molecule has 0 bridgehead atoms. The molecule has 30 heavy (non-hydrogen) atoms. The quantitative estimate of drug-likeness (QED) is 0.586. The van der Waals surface area contributed by atoms with Crippen LogP contribution in [0, 0.1) is 0 Å². The predicted molar refractivity (Wildman–Crippen MR) is 108 cm³/mol. The highest BCUT2D eigenvalue weighted by atomic mass is 35.5. The molecule has 0 radical (unpaired) electrons. The highest BCUT2D eigenvalue weighted by Crippen LogP contribution is 2.31. The van der Waals surface area contributed by atoms with Crippen molar-refractivity contribution in [1.29, 1.82) is 0 Å². The summed E-state index contributed by atoms with van der Waals surface area (Å²) >= 11 is 5.80. The molecule has 0 unspecified atom stereocenters. The average molecular weight is 439 g/mol. The zero-order chi connectivity index (χ0) is 21.7. The second-order valence-corrected chi connectivity index (χ2v) is 7.75. The molecule has 0 heterocycles. The van der Waals surface area contributed by atoms with E-state index >= 15 is 0 Å². The van der Waals surface area contributed by atoms with Gasteiger partial charge in [-0.2, -0.15) is 13.2 Å². The summed E-state index contributed by atoms with van der Waals surface area (Å²) in [6.07, 6.45) is -1.83. The van der Waals surface area contributed by atoms with Crippen molar-refractivity contribution in [3.63, 3.8) is 0 Å². The fraction of sp³-hybridized carbons (Fsp3) is 0.364. The molecule has 0 aromatic heterocycles. The highest BCUT2D eigenvalue weighted by Gasteiger charge is 2.33. The molecule has 8 heteroatoms. The first-order valence-electron chi connectivity index (χ1n) is 9.73. The lowest BCUT2D eigenvalue weighted by Gasteiger charge is -2.23. The van der Waals surface area contributed by atoms with E-state index in [1.54, 1.807) is 29.2 Å². The zero-order valence-corrected chi connectivity index (χ0v) is 17.0. The Labute approximate surface area is 178 Å². The van der Waals surface area contributed by atoms with Crippen LogP contribution in [0.15, 0.2) is 48.5 Å². The Bertz CT molecular complexity index is 879. The third-order valence-electron chi connectivity index (χ3n) is 4.90. The molecule has 3 rings (SSSR count). The van der Waals surface area contributed by atoms with Crippen molar-refractivity contribution in [2.24, 2.45) is 0 Å². The maximum absolute atomic E-state index is 12.7. The Hall–Kier alpha value is -2.54. The third-order valence-corrected chi connectivity index (χ3v) is 5.15. The van der Waals surface area contributed by atoms with Gasteiger partial charge in [-0.1, -0.05) is 23.7 Å². The lowest BCUT2D eigenvalue weighted by molar-refractivity contribution is -0.137. The van der Waals surface area contributed by atoms with Gasteiger partial charge in [0.25, 0.3) is 5.91 Å². The van der Waals surface area contributed by atoms with Gasteiger partial charge in [0.2, 0.25) is 5.91 Å². The van der Waals surface area contributed by atoms with Gasteiger partial charge in [-0.15, -0.1) is 0 Å². The summed E-state index contributed by atoms with van der Waals surface area (Å²) < 4.78 is 38.1. The van der Waals surface area contributed by atoms with Crippen molar-refractivity contribution in [3.8, 4) is 0 Å². The summed E-state index contributed by atoms with van der Waals surface area (Å²) in [6.45, 7) is 0.644. The molecule has 1 fully saturated rings. The molecular formula is C22H22ClF3N2O2. The summed E-state index contributed by atoms with van der Waals surface area (Å²) in [5, 5.41) is 3.31. The largest absolute Gasteiger partial charge is 0.416 e. The van der Waals surface area contributed by atoms with E-state index in [9.17, 15) is 22.8 Å². The van der Waals surface area contributed by atoms with Gasteiger partial charge < -0.3 is 10.2 Å². The van der Waals surface area contributed by atoms with Gasteiger partial charge >= 0.3 is 6.18 Å². The van der Waals surface area contributed by atoms with E-state index in [0.717, 1.165) is 25.0 Å². The van der Waals surface area contributed by atoms with Crippen LogP contribution in [0.4, 0.5) is 13.2 Å². The summed E-state index contributed by atoms with van der Waals surface area (Å²) in [6, 6.07) is 11.6. The molecule has 1 saturated carbocycles. The van der Waals surface area contributed by atoms with Gasteiger partial charge in [-0.05, 0) is 61.2 Å². The molecule has 2 amide bonds. The Balaban J connectivity index is 1.47. The maximum atomic E-state index is 12.7. The van der Waals surface area contributed by atoms with Crippen LogP contribution < -0.4 is 5.32 Å². The van der Waals surface area contributed by atoms with Crippen molar-refractivity contribution < 1.29 is 22.8 Å². The van der Waals surface area contributed by atoms with Gasteiger partial charge in [-0.3, -0.25) is 9.59 Å². The zero-order valence-electron chi connectivity index (χ0n) is 16.2. The molecule has 0 saturated heterocycles. The first-order chi connectivity index (χ1) is 14.2. The van der Waals surface area contributed by atoms with E-state index < -0.39 is 11.7 Å². The first-order valence-corrected chi connectivity index (χ1v) is 10.1. The SMILES string of the molecule is O=C(NCCCC(=O)N(Cc1ccc(C(F)(F)F)cc1)C1CC1)c1ccc(Cl)cc1. The number of nitrogens with zero attached hydrogens (tertiary/aromatic N) is 1. The van der Waals surface area contributed by atoms with Crippen molar-refractivity contribution in [2.75, 3.05) is 6.54 Å². The van der Waals surface area contributed by atoms with Crippen molar-refractivity contribution >= 4 is 23.4 Å². The molecule has 0 spiro atoms. The number of hydrogen-bond donors (Lipinski definition) is 1. The Morgan fingerprint density at radius 1 is 1.03 bits per heavy atom. The fourth-order valence-corrected chi connectivity index (χ4v) is 3.22. The standard InChI is InChI=1S/C22H22ClF3N2O2/c23-18-9-5-16(6-10-18)21(30)27-13-1-2-20(29)28(19-11-12-19)14-15-3-7-17(8-4-15)22(24,25)26/h3-10,19H,1-2,11-14H2,(H,27,30).